The summed E-state index contributed by atoms with van der Waals surface area (Å²) in [6.07, 6.45) is 0.0609. The number of thioether (sulfide) groups is 1. The van der Waals surface area contributed by atoms with Crippen molar-refractivity contribution >= 4 is 34.7 Å². The summed E-state index contributed by atoms with van der Waals surface area (Å²) in [7, 11) is 0. The summed E-state index contributed by atoms with van der Waals surface area (Å²) in [4.78, 5) is 12.4. The molecule has 0 spiro atoms. The molecule has 7 heteroatoms. The fraction of sp³-hybridized carbons (Fsp3) is 0.438. The first-order valence-corrected chi connectivity index (χ1v) is 9.09. The molecule has 5 nitrogen and oxygen atoms in total. The van der Waals surface area contributed by atoms with E-state index < -0.39 is 0 Å². The molecule has 0 aliphatic heterocycles. The number of ether oxygens (including phenoxy) is 1. The van der Waals surface area contributed by atoms with Gasteiger partial charge in [-0.1, -0.05) is 29.0 Å². The minimum absolute atomic E-state index is 0.0507. The largest absolute Gasteiger partial charge is 0.466 e. The molecule has 124 valence electrons. The highest BCUT2D eigenvalue weighted by Gasteiger charge is 2.18. The third-order valence-electron chi connectivity index (χ3n) is 3.02. The van der Waals surface area contributed by atoms with Crippen LogP contribution in [0.2, 0.25) is 0 Å². The summed E-state index contributed by atoms with van der Waals surface area (Å²) in [5.74, 6) is -0.0507. The average Bonchev–Trinajstić information content (AvgIpc) is 2.89. The highest BCUT2D eigenvalue weighted by atomic mass is 32.2. The van der Waals surface area contributed by atoms with E-state index in [4.69, 9.17) is 4.74 Å². The van der Waals surface area contributed by atoms with Crippen molar-refractivity contribution in [2.75, 3.05) is 5.32 Å². The Morgan fingerprint density at radius 3 is 2.70 bits per heavy atom. The van der Waals surface area contributed by atoms with Gasteiger partial charge >= 0.3 is 0 Å². The van der Waals surface area contributed by atoms with E-state index in [0.29, 0.717) is 5.19 Å². The van der Waals surface area contributed by atoms with Gasteiger partial charge < -0.3 is 10.1 Å². The number of carbonyl (C=O) groups is 1. The van der Waals surface area contributed by atoms with Crippen LogP contribution in [-0.2, 0) is 4.79 Å². The van der Waals surface area contributed by atoms with Crippen molar-refractivity contribution in [3.05, 3.63) is 29.3 Å². The number of nitrogens with zero attached hydrogens (tertiary/aromatic N) is 2. The van der Waals surface area contributed by atoms with Crippen LogP contribution in [-0.4, -0.2) is 27.5 Å². The molecule has 1 aromatic heterocycles. The SMILES string of the molecule is Cc1ccc(C)c(NC(=O)C(C)Sc2nnc(OC(C)C)s2)c1. The Morgan fingerprint density at radius 2 is 2.00 bits per heavy atom. The summed E-state index contributed by atoms with van der Waals surface area (Å²) in [5, 5.41) is 11.3. The maximum atomic E-state index is 12.4. The fourth-order valence-corrected chi connectivity index (χ4v) is 3.75. The zero-order valence-corrected chi connectivity index (χ0v) is 15.5. The highest BCUT2D eigenvalue weighted by Crippen LogP contribution is 2.31. The van der Waals surface area contributed by atoms with Crippen LogP contribution in [0.4, 0.5) is 5.69 Å². The van der Waals surface area contributed by atoms with Gasteiger partial charge in [0.05, 0.1) is 11.4 Å². The minimum Gasteiger partial charge on any atom is -0.466 e. The molecule has 1 N–H and O–H groups in total. The van der Waals surface area contributed by atoms with Crippen LogP contribution in [0.5, 0.6) is 5.19 Å². The number of hydrogen-bond acceptors (Lipinski definition) is 6. The van der Waals surface area contributed by atoms with Crippen LogP contribution in [0.3, 0.4) is 0 Å². The number of amides is 1. The Labute approximate surface area is 144 Å². The molecule has 0 saturated carbocycles. The molecule has 2 rings (SSSR count). The number of aryl methyl sites for hydroxylation is 2. The Bertz CT molecular complexity index is 686. The number of benzene rings is 1. The zero-order valence-electron chi connectivity index (χ0n) is 13.9. The lowest BCUT2D eigenvalue weighted by atomic mass is 10.1. The monoisotopic (exact) mass is 351 g/mol. The van der Waals surface area contributed by atoms with E-state index in [1.54, 1.807) is 0 Å². The molecule has 2 aromatic rings. The Hall–Kier alpha value is -1.60. The normalized spacial score (nSPS) is 12.3. The lowest BCUT2D eigenvalue weighted by molar-refractivity contribution is -0.115. The van der Waals surface area contributed by atoms with Gasteiger partial charge in [0, 0.05) is 5.69 Å². The second-order valence-corrected chi connectivity index (χ2v) is 8.10. The van der Waals surface area contributed by atoms with Crippen molar-refractivity contribution in [1.82, 2.24) is 10.2 Å². The van der Waals surface area contributed by atoms with Crippen molar-refractivity contribution in [2.24, 2.45) is 0 Å². The van der Waals surface area contributed by atoms with E-state index in [2.05, 4.69) is 15.5 Å². The smallest absolute Gasteiger partial charge is 0.295 e. The molecule has 1 atom stereocenters. The zero-order chi connectivity index (χ0) is 17.0. The molecule has 0 fully saturated rings. The summed E-state index contributed by atoms with van der Waals surface area (Å²) in [6.45, 7) is 9.72. The Balaban J connectivity index is 1.97. The summed E-state index contributed by atoms with van der Waals surface area (Å²) in [5.41, 5.74) is 3.01. The van der Waals surface area contributed by atoms with Crippen molar-refractivity contribution in [2.45, 2.75) is 50.3 Å². The first-order valence-electron chi connectivity index (χ1n) is 7.40. The van der Waals surface area contributed by atoms with Crippen molar-refractivity contribution in [3.8, 4) is 5.19 Å². The van der Waals surface area contributed by atoms with E-state index in [-0.39, 0.29) is 17.3 Å². The van der Waals surface area contributed by atoms with Gasteiger partial charge in [-0.15, -0.1) is 5.10 Å². The Morgan fingerprint density at radius 1 is 1.26 bits per heavy atom. The lowest BCUT2D eigenvalue weighted by Crippen LogP contribution is -2.22. The van der Waals surface area contributed by atoms with E-state index in [9.17, 15) is 4.79 Å². The van der Waals surface area contributed by atoms with E-state index in [0.717, 1.165) is 21.2 Å². The standard InChI is InChI=1S/C16H21N3O2S2/c1-9(2)21-15-18-19-16(23-15)22-12(5)14(20)17-13-8-10(3)6-7-11(13)4/h6-9,12H,1-5H3,(H,17,20). The number of carbonyl (C=O) groups excluding carboxylic acids is 1. The molecule has 1 amide bonds. The van der Waals surface area contributed by atoms with Gasteiger partial charge in [-0.2, -0.15) is 0 Å². The predicted molar refractivity (Wildman–Crippen MR) is 95.5 cm³/mol. The molecule has 23 heavy (non-hydrogen) atoms. The summed E-state index contributed by atoms with van der Waals surface area (Å²) < 4.78 is 6.22. The molecule has 1 unspecified atom stereocenters. The fourth-order valence-electron chi connectivity index (χ4n) is 1.80. The van der Waals surface area contributed by atoms with Crippen LogP contribution in [0.15, 0.2) is 22.5 Å². The molecular formula is C16H21N3O2S2. The van der Waals surface area contributed by atoms with Crippen LogP contribution in [0, 0.1) is 13.8 Å². The summed E-state index contributed by atoms with van der Waals surface area (Å²) >= 11 is 2.74. The van der Waals surface area contributed by atoms with Gasteiger partial charge in [0.15, 0.2) is 4.34 Å². The quantitative estimate of drug-likeness (QED) is 0.795. The van der Waals surface area contributed by atoms with E-state index >= 15 is 0 Å². The highest BCUT2D eigenvalue weighted by molar-refractivity contribution is 8.02. The van der Waals surface area contributed by atoms with Crippen molar-refractivity contribution in [3.63, 3.8) is 0 Å². The van der Waals surface area contributed by atoms with Crippen molar-refractivity contribution < 1.29 is 9.53 Å². The van der Waals surface area contributed by atoms with Gasteiger partial charge in [-0.3, -0.25) is 4.79 Å². The van der Waals surface area contributed by atoms with Gasteiger partial charge in [-0.25, -0.2) is 0 Å². The van der Waals surface area contributed by atoms with Crippen LogP contribution in [0.25, 0.3) is 0 Å². The third kappa shape index (κ3) is 5.21. The number of anilines is 1. The van der Waals surface area contributed by atoms with Crippen LogP contribution in [0.1, 0.15) is 31.9 Å². The molecule has 1 heterocycles. The van der Waals surface area contributed by atoms with Crippen molar-refractivity contribution in [1.29, 1.82) is 0 Å². The van der Waals surface area contributed by atoms with Gasteiger partial charge in [0.1, 0.15) is 0 Å². The molecule has 0 radical (unpaired) electrons. The number of aromatic nitrogens is 2. The van der Waals surface area contributed by atoms with E-state index in [1.807, 2.05) is 52.8 Å². The molecule has 0 aliphatic rings. The van der Waals surface area contributed by atoms with Gasteiger partial charge in [-0.05, 0) is 63.1 Å². The number of nitrogens with one attached hydrogen (secondary N) is 1. The number of hydrogen-bond donors (Lipinski definition) is 1. The first kappa shape index (κ1) is 17.7. The average molecular weight is 351 g/mol. The first-order chi connectivity index (χ1) is 10.8. The lowest BCUT2D eigenvalue weighted by Gasteiger charge is -2.12. The molecule has 0 bridgehead atoms. The topological polar surface area (TPSA) is 64.1 Å². The Kier molecular flexibility index (Phi) is 6.01. The molecule has 1 aromatic carbocycles. The third-order valence-corrected chi connectivity index (χ3v) is 5.02. The second-order valence-electron chi connectivity index (χ2n) is 5.57. The summed E-state index contributed by atoms with van der Waals surface area (Å²) in [6, 6.07) is 6.01. The van der Waals surface area contributed by atoms with Gasteiger partial charge in [0.2, 0.25) is 5.91 Å². The maximum absolute atomic E-state index is 12.4. The molecule has 0 aliphatic carbocycles. The van der Waals surface area contributed by atoms with E-state index in [1.165, 1.54) is 23.1 Å². The molecular weight excluding hydrogens is 330 g/mol. The van der Waals surface area contributed by atoms with Gasteiger partial charge in [0.25, 0.3) is 5.19 Å². The minimum atomic E-state index is -0.269. The maximum Gasteiger partial charge on any atom is 0.295 e. The second kappa shape index (κ2) is 7.79. The predicted octanol–water partition coefficient (Wildman–Crippen LogP) is 4.06. The molecule has 0 saturated heterocycles. The van der Waals surface area contributed by atoms with Crippen LogP contribution >= 0.6 is 23.1 Å². The number of rotatable bonds is 6. The van der Waals surface area contributed by atoms with Crippen LogP contribution < -0.4 is 10.1 Å².